The van der Waals surface area contributed by atoms with Crippen molar-refractivity contribution in [3.05, 3.63) is 34.6 Å². The van der Waals surface area contributed by atoms with E-state index in [2.05, 4.69) is 10.2 Å². The predicted molar refractivity (Wildman–Crippen MR) is 69.4 cm³/mol. The summed E-state index contributed by atoms with van der Waals surface area (Å²) in [7, 11) is 0. The largest absolute Gasteiger partial charge is 0.314 e. The van der Waals surface area contributed by atoms with Crippen molar-refractivity contribution in [1.82, 2.24) is 10.2 Å². The molecule has 0 saturated carbocycles. The first-order chi connectivity index (χ1) is 8.66. The summed E-state index contributed by atoms with van der Waals surface area (Å²) in [4.78, 5) is 14.0. The van der Waals surface area contributed by atoms with Crippen molar-refractivity contribution in [3.63, 3.8) is 0 Å². The lowest BCUT2D eigenvalue weighted by atomic mass is 10.1. The molecule has 1 aliphatic rings. The van der Waals surface area contributed by atoms with Gasteiger partial charge in [-0.1, -0.05) is 17.7 Å². The van der Waals surface area contributed by atoms with Crippen LogP contribution in [0.4, 0.5) is 4.39 Å². The van der Waals surface area contributed by atoms with Crippen molar-refractivity contribution in [2.75, 3.05) is 32.7 Å². The Labute approximate surface area is 111 Å². The molecule has 98 valence electrons. The molecule has 0 spiro atoms. The second kappa shape index (κ2) is 6.27. The molecule has 1 aliphatic heterocycles. The average Bonchev–Trinajstić information content (AvgIpc) is 2.35. The number of halogens is 2. The lowest BCUT2D eigenvalue weighted by Gasteiger charge is -2.26. The summed E-state index contributed by atoms with van der Waals surface area (Å²) < 4.78 is 13.5. The van der Waals surface area contributed by atoms with Crippen molar-refractivity contribution >= 4 is 17.4 Å². The van der Waals surface area contributed by atoms with Gasteiger partial charge in [-0.25, -0.2) is 4.39 Å². The standard InChI is InChI=1S/C13H16ClFN2O/c14-12-2-1-3-13(15)11(12)8-10(18)9-17-6-4-16-5-7-17/h1-3,16H,4-9H2. The van der Waals surface area contributed by atoms with Gasteiger partial charge in [-0.2, -0.15) is 0 Å². The highest BCUT2D eigenvalue weighted by molar-refractivity contribution is 6.31. The Kier molecular flexibility index (Phi) is 4.69. The quantitative estimate of drug-likeness (QED) is 0.900. The Balaban J connectivity index is 1.94. The van der Waals surface area contributed by atoms with Crippen LogP contribution in [0.3, 0.4) is 0 Å². The van der Waals surface area contributed by atoms with Gasteiger partial charge in [0.25, 0.3) is 0 Å². The van der Waals surface area contributed by atoms with Gasteiger partial charge in [0.1, 0.15) is 5.82 Å². The highest BCUT2D eigenvalue weighted by Gasteiger charge is 2.16. The summed E-state index contributed by atoms with van der Waals surface area (Å²) in [6.07, 6.45) is 0.0649. The summed E-state index contributed by atoms with van der Waals surface area (Å²) in [5.41, 5.74) is 0.305. The van der Waals surface area contributed by atoms with Crippen LogP contribution in [0.25, 0.3) is 0 Å². The fraction of sp³-hybridized carbons (Fsp3) is 0.462. The lowest BCUT2D eigenvalue weighted by molar-refractivity contribution is -0.119. The number of rotatable bonds is 4. The van der Waals surface area contributed by atoms with Crippen molar-refractivity contribution in [1.29, 1.82) is 0 Å². The van der Waals surface area contributed by atoms with Gasteiger partial charge in [-0.05, 0) is 12.1 Å². The first-order valence-corrected chi connectivity index (χ1v) is 6.42. The lowest BCUT2D eigenvalue weighted by Crippen LogP contribution is -2.45. The Bertz CT molecular complexity index is 413. The molecule has 1 fully saturated rings. The maximum Gasteiger partial charge on any atom is 0.151 e. The number of carbonyl (C=O) groups is 1. The highest BCUT2D eigenvalue weighted by Crippen LogP contribution is 2.19. The minimum atomic E-state index is -0.406. The Hall–Kier alpha value is -0.970. The molecule has 0 radical (unpaired) electrons. The molecular formula is C13H16ClFN2O. The van der Waals surface area contributed by atoms with Crippen LogP contribution < -0.4 is 5.32 Å². The molecule has 5 heteroatoms. The van der Waals surface area contributed by atoms with Crippen LogP contribution >= 0.6 is 11.6 Å². The average molecular weight is 271 g/mol. The number of hydrogen-bond donors (Lipinski definition) is 1. The van der Waals surface area contributed by atoms with Gasteiger partial charge in [-0.15, -0.1) is 0 Å². The molecule has 0 bridgehead atoms. The van der Waals surface area contributed by atoms with E-state index in [0.717, 1.165) is 26.2 Å². The minimum absolute atomic E-state index is 0.00361. The third-order valence-corrected chi connectivity index (χ3v) is 3.40. The fourth-order valence-corrected chi connectivity index (χ4v) is 2.30. The Morgan fingerprint density at radius 2 is 2.11 bits per heavy atom. The van der Waals surface area contributed by atoms with Crippen LogP contribution in [0.2, 0.25) is 5.02 Å². The number of carbonyl (C=O) groups excluding carboxylic acids is 1. The fourth-order valence-electron chi connectivity index (χ4n) is 2.07. The van der Waals surface area contributed by atoms with Crippen molar-refractivity contribution in [2.24, 2.45) is 0 Å². The van der Waals surface area contributed by atoms with E-state index in [9.17, 15) is 9.18 Å². The van der Waals surface area contributed by atoms with Gasteiger partial charge >= 0.3 is 0 Å². The van der Waals surface area contributed by atoms with Gasteiger partial charge in [0.2, 0.25) is 0 Å². The number of Topliss-reactive ketones (excluding diaryl/α,β-unsaturated/α-hetero) is 1. The predicted octanol–water partition coefficient (Wildman–Crippen LogP) is 1.50. The van der Waals surface area contributed by atoms with Gasteiger partial charge < -0.3 is 5.32 Å². The molecule has 2 rings (SSSR count). The maximum absolute atomic E-state index is 13.5. The van der Waals surface area contributed by atoms with Crippen LogP contribution in [0.1, 0.15) is 5.56 Å². The molecule has 1 aromatic rings. The highest BCUT2D eigenvalue weighted by atomic mass is 35.5. The zero-order valence-electron chi connectivity index (χ0n) is 10.1. The monoisotopic (exact) mass is 270 g/mol. The van der Waals surface area contributed by atoms with Crippen LogP contribution in [-0.2, 0) is 11.2 Å². The third-order valence-electron chi connectivity index (χ3n) is 3.05. The Morgan fingerprint density at radius 1 is 1.39 bits per heavy atom. The smallest absolute Gasteiger partial charge is 0.151 e. The van der Waals surface area contributed by atoms with Crippen molar-refractivity contribution in [3.8, 4) is 0 Å². The van der Waals surface area contributed by atoms with E-state index >= 15 is 0 Å². The van der Waals surface area contributed by atoms with E-state index in [0.29, 0.717) is 17.1 Å². The number of benzene rings is 1. The van der Waals surface area contributed by atoms with Crippen molar-refractivity contribution in [2.45, 2.75) is 6.42 Å². The zero-order valence-corrected chi connectivity index (χ0v) is 10.8. The molecule has 1 saturated heterocycles. The van der Waals surface area contributed by atoms with Crippen LogP contribution in [0, 0.1) is 5.82 Å². The normalized spacial score (nSPS) is 16.8. The molecule has 1 aromatic carbocycles. The zero-order chi connectivity index (χ0) is 13.0. The van der Waals surface area contributed by atoms with Crippen LogP contribution in [0.15, 0.2) is 18.2 Å². The molecule has 18 heavy (non-hydrogen) atoms. The summed E-state index contributed by atoms with van der Waals surface area (Å²) in [5, 5.41) is 3.54. The van der Waals surface area contributed by atoms with E-state index in [4.69, 9.17) is 11.6 Å². The molecule has 1 N–H and O–H groups in total. The first-order valence-electron chi connectivity index (χ1n) is 6.04. The van der Waals surface area contributed by atoms with Gasteiger partial charge in [0.15, 0.2) is 5.78 Å². The molecule has 3 nitrogen and oxygen atoms in total. The maximum atomic E-state index is 13.5. The Morgan fingerprint density at radius 3 is 2.78 bits per heavy atom. The second-order valence-electron chi connectivity index (χ2n) is 4.44. The van der Waals surface area contributed by atoms with E-state index in [1.165, 1.54) is 6.07 Å². The molecule has 0 aromatic heterocycles. The van der Waals surface area contributed by atoms with E-state index < -0.39 is 5.82 Å². The number of nitrogens with one attached hydrogen (secondary N) is 1. The number of hydrogen-bond acceptors (Lipinski definition) is 3. The van der Waals surface area contributed by atoms with Crippen molar-refractivity contribution < 1.29 is 9.18 Å². The number of piperazine rings is 1. The summed E-state index contributed by atoms with van der Waals surface area (Å²) in [6, 6.07) is 4.49. The van der Waals surface area contributed by atoms with Crippen LogP contribution in [-0.4, -0.2) is 43.4 Å². The molecular weight excluding hydrogens is 255 g/mol. The molecule has 0 atom stereocenters. The molecule has 0 aliphatic carbocycles. The number of nitrogens with zero attached hydrogens (tertiary/aromatic N) is 1. The first kappa shape index (κ1) is 13.5. The number of ketones is 1. The molecule has 1 heterocycles. The van der Waals surface area contributed by atoms with Crippen LogP contribution in [0.5, 0.6) is 0 Å². The van der Waals surface area contributed by atoms with Gasteiger partial charge in [0, 0.05) is 43.2 Å². The summed E-state index contributed by atoms with van der Waals surface area (Å²) in [6.45, 7) is 3.88. The third kappa shape index (κ3) is 3.51. The van der Waals surface area contributed by atoms with E-state index in [-0.39, 0.29) is 12.2 Å². The summed E-state index contributed by atoms with van der Waals surface area (Å²) >= 11 is 5.90. The molecule has 0 amide bonds. The second-order valence-corrected chi connectivity index (χ2v) is 4.85. The van der Waals surface area contributed by atoms with E-state index in [1.807, 2.05) is 0 Å². The van der Waals surface area contributed by atoms with Gasteiger partial charge in [0.05, 0.1) is 6.54 Å². The molecule has 0 unspecified atom stereocenters. The SMILES string of the molecule is O=C(Cc1c(F)cccc1Cl)CN1CCNCC1. The summed E-state index contributed by atoms with van der Waals surface area (Å²) in [5.74, 6) is -0.403. The topological polar surface area (TPSA) is 32.3 Å². The van der Waals surface area contributed by atoms with Gasteiger partial charge in [-0.3, -0.25) is 9.69 Å². The minimum Gasteiger partial charge on any atom is -0.314 e. The van der Waals surface area contributed by atoms with E-state index in [1.54, 1.807) is 12.1 Å².